The fourth-order valence-corrected chi connectivity index (χ4v) is 7.43. The topological polar surface area (TPSA) is 84.6 Å². The van der Waals surface area contributed by atoms with E-state index in [9.17, 15) is 5.11 Å². The molecule has 0 bridgehead atoms. The molecule has 5 N–H and O–H groups in total. The van der Waals surface area contributed by atoms with E-state index in [1.165, 1.54) is 89.9 Å². The number of rotatable bonds is 11. The molecule has 0 aromatic carbocycles. The van der Waals surface area contributed by atoms with Crippen molar-refractivity contribution in [2.75, 3.05) is 0 Å². The predicted molar refractivity (Wildman–Crippen MR) is 142 cm³/mol. The molecule has 3 fully saturated rings. The van der Waals surface area contributed by atoms with Crippen molar-refractivity contribution in [3.8, 4) is 0 Å². The summed E-state index contributed by atoms with van der Waals surface area (Å²) < 4.78 is 0. The largest absolute Gasteiger partial charge is 0.392 e. The quantitative estimate of drug-likeness (QED) is 0.319. The minimum Gasteiger partial charge on any atom is -0.392 e. The summed E-state index contributed by atoms with van der Waals surface area (Å²) in [6.45, 7) is 4.36. The van der Waals surface area contributed by atoms with Crippen LogP contribution in [0.15, 0.2) is 4.99 Å². The van der Waals surface area contributed by atoms with Gasteiger partial charge in [-0.3, -0.25) is 4.99 Å². The third-order valence-electron chi connectivity index (χ3n) is 9.72. The zero-order valence-electron chi connectivity index (χ0n) is 21.8. The van der Waals surface area contributed by atoms with Crippen LogP contribution in [0.2, 0.25) is 0 Å². The van der Waals surface area contributed by atoms with Gasteiger partial charge in [-0.1, -0.05) is 64.7 Å². The maximum Gasteiger partial charge on any atom is 0.0693 e. The van der Waals surface area contributed by atoms with Crippen LogP contribution in [0.3, 0.4) is 0 Å². The van der Waals surface area contributed by atoms with Crippen molar-refractivity contribution >= 4 is 6.21 Å². The molecule has 4 heteroatoms. The third kappa shape index (κ3) is 8.93. The van der Waals surface area contributed by atoms with E-state index in [1.54, 1.807) is 0 Å². The van der Waals surface area contributed by atoms with E-state index < -0.39 is 0 Å². The summed E-state index contributed by atoms with van der Waals surface area (Å²) in [5.41, 5.74) is 12.7. The van der Waals surface area contributed by atoms with Crippen molar-refractivity contribution in [1.82, 2.24) is 0 Å². The first kappa shape index (κ1) is 27.1. The number of aliphatic hydroxyl groups excluding tert-OH is 1. The standard InChI is InChI=1S/C29H55N3O/c1-3-32-27-12-6-10-23(20-27)8-4-7-22-13-16-25(17-14-22)21(2)29(31)28(33)18-15-24-9-5-11-26(30)19-24/h3,21-29,33H,4-20,30-31H2,1-2H3. The van der Waals surface area contributed by atoms with Gasteiger partial charge in [0.05, 0.1) is 6.10 Å². The van der Waals surface area contributed by atoms with Gasteiger partial charge in [0.25, 0.3) is 0 Å². The molecule has 192 valence electrons. The molecule has 0 saturated heterocycles. The van der Waals surface area contributed by atoms with Crippen molar-refractivity contribution in [2.45, 2.75) is 147 Å². The summed E-state index contributed by atoms with van der Waals surface area (Å²) in [6.07, 6.45) is 23.4. The minimum absolute atomic E-state index is 0.0751. The maximum absolute atomic E-state index is 10.8. The first-order valence-electron chi connectivity index (χ1n) is 14.6. The van der Waals surface area contributed by atoms with Gasteiger partial charge in [-0.15, -0.1) is 0 Å². The summed E-state index contributed by atoms with van der Waals surface area (Å²) in [5.74, 6) is 3.64. The number of hydrogen-bond donors (Lipinski definition) is 3. The number of nitrogens with two attached hydrogens (primary N) is 2. The van der Waals surface area contributed by atoms with Crippen LogP contribution in [-0.2, 0) is 0 Å². The van der Waals surface area contributed by atoms with Crippen LogP contribution in [-0.4, -0.2) is 35.6 Å². The number of aliphatic hydroxyl groups is 1. The van der Waals surface area contributed by atoms with Crippen LogP contribution in [0, 0.1) is 29.6 Å². The summed E-state index contributed by atoms with van der Waals surface area (Å²) >= 11 is 0. The lowest BCUT2D eigenvalue weighted by atomic mass is 9.71. The molecule has 7 unspecified atom stereocenters. The molecule has 3 rings (SSSR count). The highest BCUT2D eigenvalue weighted by atomic mass is 16.3. The Morgan fingerprint density at radius 2 is 1.55 bits per heavy atom. The van der Waals surface area contributed by atoms with Gasteiger partial charge in [0.1, 0.15) is 0 Å². The van der Waals surface area contributed by atoms with Crippen LogP contribution in [0.4, 0.5) is 0 Å². The molecule has 0 heterocycles. The maximum atomic E-state index is 10.8. The van der Waals surface area contributed by atoms with Gasteiger partial charge < -0.3 is 16.6 Å². The summed E-state index contributed by atoms with van der Waals surface area (Å²) in [5, 5.41) is 10.8. The molecule has 4 nitrogen and oxygen atoms in total. The van der Waals surface area contributed by atoms with E-state index in [4.69, 9.17) is 11.5 Å². The van der Waals surface area contributed by atoms with Crippen LogP contribution < -0.4 is 11.5 Å². The summed E-state index contributed by atoms with van der Waals surface area (Å²) in [6, 6.07) is 0.901. The average Bonchev–Trinajstić information content (AvgIpc) is 2.82. The Kier molecular flexibility index (Phi) is 11.7. The zero-order chi connectivity index (χ0) is 23.6. The lowest BCUT2D eigenvalue weighted by Gasteiger charge is -2.37. The molecular weight excluding hydrogens is 406 g/mol. The molecule has 0 radical (unpaired) electrons. The molecule has 3 saturated carbocycles. The smallest absolute Gasteiger partial charge is 0.0693 e. The molecule has 3 aliphatic rings. The molecule has 0 aliphatic heterocycles. The van der Waals surface area contributed by atoms with E-state index in [0.717, 1.165) is 31.1 Å². The highest BCUT2D eigenvalue weighted by Crippen LogP contribution is 2.38. The second kappa shape index (κ2) is 14.2. The number of aliphatic imine (C=N–C) groups is 1. The molecule has 0 amide bonds. The fraction of sp³-hybridized carbons (Fsp3) is 0.966. The number of nitrogens with zero attached hydrogens (tertiary/aromatic N) is 1. The molecule has 33 heavy (non-hydrogen) atoms. The lowest BCUT2D eigenvalue weighted by molar-refractivity contribution is 0.0734. The van der Waals surface area contributed by atoms with E-state index in [0.29, 0.717) is 29.8 Å². The van der Waals surface area contributed by atoms with Crippen LogP contribution in [0.5, 0.6) is 0 Å². The summed E-state index contributed by atoms with van der Waals surface area (Å²) in [7, 11) is 0. The van der Waals surface area contributed by atoms with Crippen molar-refractivity contribution in [3.05, 3.63) is 0 Å². The Morgan fingerprint density at radius 1 is 0.879 bits per heavy atom. The van der Waals surface area contributed by atoms with Crippen LogP contribution >= 0.6 is 0 Å². The summed E-state index contributed by atoms with van der Waals surface area (Å²) in [4.78, 5) is 4.66. The predicted octanol–water partition coefficient (Wildman–Crippen LogP) is 6.23. The Bertz CT molecular complexity index is 559. The van der Waals surface area contributed by atoms with E-state index in [1.807, 2.05) is 6.21 Å². The highest BCUT2D eigenvalue weighted by Gasteiger charge is 2.32. The average molecular weight is 462 g/mol. The third-order valence-corrected chi connectivity index (χ3v) is 9.72. The van der Waals surface area contributed by atoms with Crippen molar-refractivity contribution in [2.24, 2.45) is 46.0 Å². The van der Waals surface area contributed by atoms with Crippen molar-refractivity contribution in [3.63, 3.8) is 0 Å². The van der Waals surface area contributed by atoms with Crippen LogP contribution in [0.1, 0.15) is 123 Å². The van der Waals surface area contributed by atoms with Gasteiger partial charge in [0.15, 0.2) is 0 Å². The monoisotopic (exact) mass is 461 g/mol. The Hall–Kier alpha value is -0.450. The Balaban J connectivity index is 1.29. The normalized spacial score (nSPS) is 36.5. The van der Waals surface area contributed by atoms with Gasteiger partial charge in [-0.05, 0) is 94.1 Å². The molecule has 0 aromatic heterocycles. The number of hydrogen-bond acceptors (Lipinski definition) is 4. The second-order valence-corrected chi connectivity index (χ2v) is 12.2. The first-order chi connectivity index (χ1) is 16.0. The lowest BCUT2D eigenvalue weighted by Crippen LogP contribution is -2.44. The van der Waals surface area contributed by atoms with Gasteiger partial charge in [-0.25, -0.2) is 0 Å². The van der Waals surface area contributed by atoms with E-state index in [2.05, 4.69) is 18.8 Å². The van der Waals surface area contributed by atoms with Crippen LogP contribution in [0.25, 0.3) is 0 Å². The van der Waals surface area contributed by atoms with Gasteiger partial charge in [0.2, 0.25) is 0 Å². The Labute approximate surface area is 204 Å². The fourth-order valence-electron chi connectivity index (χ4n) is 7.43. The molecule has 7 atom stereocenters. The van der Waals surface area contributed by atoms with E-state index in [-0.39, 0.29) is 12.1 Å². The molecule has 0 aromatic rings. The zero-order valence-corrected chi connectivity index (χ0v) is 21.8. The minimum atomic E-state index is -0.354. The highest BCUT2D eigenvalue weighted by molar-refractivity contribution is 5.53. The van der Waals surface area contributed by atoms with Gasteiger partial charge >= 0.3 is 0 Å². The van der Waals surface area contributed by atoms with Gasteiger partial charge in [0, 0.05) is 18.1 Å². The molecular formula is C29H55N3O. The van der Waals surface area contributed by atoms with E-state index >= 15 is 0 Å². The van der Waals surface area contributed by atoms with Crippen molar-refractivity contribution in [1.29, 1.82) is 0 Å². The first-order valence-corrected chi connectivity index (χ1v) is 14.6. The van der Waals surface area contributed by atoms with Crippen molar-refractivity contribution < 1.29 is 5.11 Å². The molecule has 0 spiro atoms. The molecule has 3 aliphatic carbocycles. The van der Waals surface area contributed by atoms with Gasteiger partial charge in [-0.2, -0.15) is 0 Å². The Morgan fingerprint density at radius 3 is 2.24 bits per heavy atom. The SMILES string of the molecule is CC=NC1CCCC(CCCC2CCC(C(C)C(N)C(O)CCC3CCCC(N)C3)CC2)C1. The second-order valence-electron chi connectivity index (χ2n) is 12.2.